The second-order valence-electron chi connectivity index (χ2n) is 3.69. The summed E-state index contributed by atoms with van der Waals surface area (Å²) in [6.45, 7) is 1.86. The van der Waals surface area contributed by atoms with E-state index in [4.69, 9.17) is 0 Å². The third-order valence-corrected chi connectivity index (χ3v) is 4.48. The Morgan fingerprint density at radius 1 is 1.29 bits per heavy atom. The fourth-order valence-electron chi connectivity index (χ4n) is 2.05. The van der Waals surface area contributed by atoms with E-state index in [-0.39, 0.29) is 36.9 Å². The third kappa shape index (κ3) is 2.73. The quantitative estimate of drug-likeness (QED) is 0.642. The van der Waals surface area contributed by atoms with Gasteiger partial charge < -0.3 is 5.32 Å². The molecule has 2 aliphatic heterocycles. The molecule has 0 unspecified atom stereocenters. The van der Waals surface area contributed by atoms with Gasteiger partial charge in [-0.3, -0.25) is 4.90 Å². The van der Waals surface area contributed by atoms with Gasteiger partial charge in [-0.2, -0.15) is 0 Å². The van der Waals surface area contributed by atoms with Crippen molar-refractivity contribution in [3.63, 3.8) is 0 Å². The lowest BCUT2D eigenvalue weighted by Crippen LogP contribution is -2.55. The van der Waals surface area contributed by atoms with Crippen LogP contribution in [-0.2, 0) is 9.84 Å². The topological polar surface area (TPSA) is 49.4 Å². The van der Waals surface area contributed by atoms with Gasteiger partial charge in [-0.15, -0.1) is 24.8 Å². The van der Waals surface area contributed by atoms with Crippen LogP contribution < -0.4 is 5.32 Å². The first-order valence-corrected chi connectivity index (χ1v) is 6.05. The van der Waals surface area contributed by atoms with E-state index in [1.54, 1.807) is 0 Å². The molecule has 0 radical (unpaired) electrons. The number of hydrogen-bond donors (Lipinski definition) is 1. The monoisotopic (exact) mass is 262 g/mol. The molecule has 0 aromatic rings. The Balaban J connectivity index is 0.000000845. The summed E-state index contributed by atoms with van der Waals surface area (Å²) in [7, 11) is -0.767. The zero-order chi connectivity index (χ0) is 8.77. The van der Waals surface area contributed by atoms with E-state index in [2.05, 4.69) is 10.2 Å². The summed E-state index contributed by atoms with van der Waals surface area (Å²) < 4.78 is 22.6. The molecule has 7 heteroatoms. The number of piperazine rings is 1. The van der Waals surface area contributed by atoms with Gasteiger partial charge in [0.15, 0.2) is 9.84 Å². The molecule has 0 spiro atoms. The van der Waals surface area contributed by atoms with Crippen LogP contribution in [0.5, 0.6) is 0 Å². The molecule has 2 rings (SSSR count). The van der Waals surface area contributed by atoms with Crippen molar-refractivity contribution in [1.82, 2.24) is 10.2 Å². The molecule has 4 nitrogen and oxygen atoms in total. The second kappa shape index (κ2) is 4.99. The van der Waals surface area contributed by atoms with Crippen LogP contribution in [0, 0.1) is 0 Å². The lowest BCUT2D eigenvalue weighted by atomic mass is 10.1. The van der Waals surface area contributed by atoms with Crippen LogP contribution in [-0.4, -0.2) is 57.0 Å². The summed E-state index contributed by atoms with van der Waals surface area (Å²) >= 11 is 0. The number of halogens is 2. The van der Waals surface area contributed by atoms with Crippen LogP contribution in [0.2, 0.25) is 0 Å². The lowest BCUT2D eigenvalue weighted by Gasteiger charge is -2.34. The molecule has 2 fully saturated rings. The molecule has 2 aliphatic rings. The van der Waals surface area contributed by atoms with Gasteiger partial charge in [0.2, 0.25) is 0 Å². The van der Waals surface area contributed by atoms with Crippen molar-refractivity contribution in [2.45, 2.75) is 12.1 Å². The van der Waals surface area contributed by atoms with Crippen LogP contribution in [0.15, 0.2) is 0 Å². The normalized spacial score (nSPS) is 35.2. The molecule has 0 aliphatic carbocycles. The van der Waals surface area contributed by atoms with Crippen molar-refractivity contribution in [2.24, 2.45) is 0 Å². The van der Waals surface area contributed by atoms with Crippen molar-refractivity contribution < 1.29 is 8.42 Å². The van der Waals surface area contributed by atoms with Crippen LogP contribution in [0.4, 0.5) is 0 Å². The number of nitrogens with zero attached hydrogens (tertiary/aromatic N) is 1. The van der Waals surface area contributed by atoms with Crippen LogP contribution in [0.1, 0.15) is 0 Å². The Morgan fingerprint density at radius 3 is 2.50 bits per heavy atom. The highest BCUT2D eigenvalue weighted by Crippen LogP contribution is 2.19. The number of sulfone groups is 1. The Labute approximate surface area is 97.2 Å². The molecule has 0 saturated carbocycles. The molecule has 14 heavy (non-hydrogen) atoms. The molecular weight excluding hydrogens is 247 g/mol. The molecule has 0 bridgehead atoms. The first-order valence-electron chi connectivity index (χ1n) is 4.22. The smallest absolute Gasteiger partial charge is 0.153 e. The highest BCUT2D eigenvalue weighted by molar-refractivity contribution is 7.91. The maximum absolute atomic E-state index is 11.3. The molecule has 2 saturated heterocycles. The number of nitrogens with one attached hydrogen (secondary N) is 1. The maximum atomic E-state index is 11.3. The summed E-state index contributed by atoms with van der Waals surface area (Å²) in [6.07, 6.45) is 0. The number of likely N-dealkylation sites (N-methyl/N-ethyl adjacent to an activating group) is 1. The summed E-state index contributed by atoms with van der Waals surface area (Å²) in [5, 5.41) is 3.25. The van der Waals surface area contributed by atoms with Crippen LogP contribution in [0.25, 0.3) is 0 Å². The van der Waals surface area contributed by atoms with Gasteiger partial charge in [-0.05, 0) is 7.05 Å². The number of fused-ring (bicyclic) bond motifs is 1. The minimum Gasteiger partial charge on any atom is -0.310 e. The van der Waals surface area contributed by atoms with Crippen molar-refractivity contribution in [2.75, 3.05) is 31.6 Å². The average molecular weight is 263 g/mol. The summed E-state index contributed by atoms with van der Waals surface area (Å²) in [5.41, 5.74) is 0. The Bertz CT molecular complexity index is 283. The molecule has 2 atom stereocenters. The fraction of sp³-hybridized carbons (Fsp3) is 1.00. The predicted molar refractivity (Wildman–Crippen MR) is 61.4 cm³/mol. The molecule has 86 valence electrons. The predicted octanol–water partition coefficient (Wildman–Crippen LogP) is -0.469. The van der Waals surface area contributed by atoms with E-state index < -0.39 is 9.84 Å². The minimum absolute atomic E-state index is 0. The second-order valence-corrected chi connectivity index (χ2v) is 5.84. The van der Waals surface area contributed by atoms with Gasteiger partial charge in [0.25, 0.3) is 0 Å². The van der Waals surface area contributed by atoms with Gasteiger partial charge in [0.05, 0.1) is 11.5 Å². The van der Waals surface area contributed by atoms with Gasteiger partial charge in [-0.1, -0.05) is 0 Å². The Morgan fingerprint density at radius 2 is 1.93 bits per heavy atom. The van der Waals surface area contributed by atoms with Crippen LogP contribution >= 0.6 is 24.8 Å². The van der Waals surface area contributed by atoms with E-state index in [1.807, 2.05) is 7.05 Å². The molecule has 2 heterocycles. The van der Waals surface area contributed by atoms with Crippen molar-refractivity contribution in [1.29, 1.82) is 0 Å². The van der Waals surface area contributed by atoms with E-state index in [0.29, 0.717) is 11.5 Å². The fourth-order valence-corrected chi connectivity index (χ4v) is 4.08. The van der Waals surface area contributed by atoms with E-state index >= 15 is 0 Å². The lowest BCUT2D eigenvalue weighted by molar-refractivity contribution is 0.185. The maximum Gasteiger partial charge on any atom is 0.153 e. The zero-order valence-corrected chi connectivity index (χ0v) is 10.4. The Hall–Kier alpha value is 0.450. The average Bonchev–Trinajstić information content (AvgIpc) is 2.25. The van der Waals surface area contributed by atoms with Gasteiger partial charge in [-0.25, -0.2) is 8.42 Å². The summed E-state index contributed by atoms with van der Waals surface area (Å²) in [5.74, 6) is 0.656. The van der Waals surface area contributed by atoms with Crippen molar-refractivity contribution >= 4 is 34.7 Å². The molecular formula is C7H16Cl2N2O2S. The van der Waals surface area contributed by atoms with E-state index in [0.717, 1.165) is 13.1 Å². The highest BCUT2D eigenvalue weighted by Gasteiger charge is 2.41. The van der Waals surface area contributed by atoms with E-state index in [1.165, 1.54) is 0 Å². The first-order chi connectivity index (χ1) is 5.58. The van der Waals surface area contributed by atoms with Gasteiger partial charge in [0.1, 0.15) is 0 Å². The summed E-state index contributed by atoms with van der Waals surface area (Å²) in [4.78, 5) is 2.14. The Kier molecular flexibility index (Phi) is 5.15. The highest BCUT2D eigenvalue weighted by atomic mass is 35.5. The first kappa shape index (κ1) is 14.5. The number of rotatable bonds is 0. The zero-order valence-electron chi connectivity index (χ0n) is 7.97. The standard InChI is InChI=1S/C7H14N2O2S.2ClH/c1-9-3-2-8-6-4-12(10,11)5-7(6)9;;/h6-8H,2-5H2,1H3;2*1H/t6-,7+;;/m0../s1. The molecule has 1 N–H and O–H groups in total. The van der Waals surface area contributed by atoms with Crippen LogP contribution in [0.3, 0.4) is 0 Å². The van der Waals surface area contributed by atoms with Gasteiger partial charge in [0, 0.05) is 25.2 Å². The number of hydrogen-bond acceptors (Lipinski definition) is 4. The van der Waals surface area contributed by atoms with E-state index in [9.17, 15) is 8.42 Å². The SMILES string of the molecule is CN1CCN[C@H]2CS(=O)(=O)C[C@H]21.Cl.Cl. The van der Waals surface area contributed by atoms with Crippen molar-refractivity contribution in [3.8, 4) is 0 Å². The van der Waals surface area contributed by atoms with Gasteiger partial charge >= 0.3 is 0 Å². The largest absolute Gasteiger partial charge is 0.310 e. The minimum atomic E-state index is -2.77. The molecule has 0 amide bonds. The summed E-state index contributed by atoms with van der Waals surface area (Å²) in [6, 6.07) is 0.387. The third-order valence-electron chi connectivity index (χ3n) is 2.76. The molecule has 0 aromatic heterocycles. The van der Waals surface area contributed by atoms with Crippen molar-refractivity contribution in [3.05, 3.63) is 0 Å². The molecule has 0 aromatic carbocycles.